The van der Waals surface area contributed by atoms with Gasteiger partial charge in [-0.3, -0.25) is 9.98 Å². The van der Waals surface area contributed by atoms with Gasteiger partial charge in [-0.2, -0.15) is 0 Å². The van der Waals surface area contributed by atoms with Crippen molar-refractivity contribution in [1.82, 2.24) is 9.55 Å². The van der Waals surface area contributed by atoms with Crippen LogP contribution in [0.4, 0.5) is 8.78 Å². The fraction of sp³-hybridized carbons (Fsp3) is 0.185. The molecule has 4 rings (SSSR count). The Morgan fingerprint density at radius 2 is 1.75 bits per heavy atom. The standard InChI is InChI=1S/C27H24Cl2F2N4S/c1-27(2,18-4-9-21(28)22(29)13-18)24-14-34-26(35(24)20-7-5-19(30)6-8-20)36-15-16-3-10-23(31)17(11-16)12-25(32)33/h3-11,13-14H,12,15H2,1-2H3,(H3,32,33). The van der Waals surface area contributed by atoms with Gasteiger partial charge >= 0.3 is 0 Å². The minimum absolute atomic E-state index is 0.0521. The van der Waals surface area contributed by atoms with Gasteiger partial charge in [0.05, 0.1) is 27.8 Å². The van der Waals surface area contributed by atoms with Crippen LogP contribution >= 0.6 is 35.0 Å². The summed E-state index contributed by atoms with van der Waals surface area (Å²) >= 11 is 13.9. The number of imidazole rings is 1. The van der Waals surface area contributed by atoms with Crippen molar-refractivity contribution in [2.45, 2.75) is 36.6 Å². The van der Waals surface area contributed by atoms with E-state index < -0.39 is 11.2 Å². The highest BCUT2D eigenvalue weighted by Crippen LogP contribution is 2.38. The number of hydrogen-bond acceptors (Lipinski definition) is 3. The number of benzene rings is 3. The molecular formula is C27H24Cl2F2N4S. The molecule has 1 heterocycles. The summed E-state index contributed by atoms with van der Waals surface area (Å²) in [5.74, 6) is -0.310. The number of nitrogens with one attached hydrogen (secondary N) is 1. The number of thioether (sulfide) groups is 1. The molecule has 0 bridgehead atoms. The normalized spacial score (nSPS) is 11.6. The number of aromatic nitrogens is 2. The Morgan fingerprint density at radius 3 is 2.42 bits per heavy atom. The van der Waals surface area contributed by atoms with Gasteiger partial charge in [0.25, 0.3) is 0 Å². The van der Waals surface area contributed by atoms with E-state index in [9.17, 15) is 8.78 Å². The van der Waals surface area contributed by atoms with Gasteiger partial charge in [0.15, 0.2) is 5.16 Å². The van der Waals surface area contributed by atoms with Crippen LogP contribution in [0, 0.1) is 17.0 Å². The van der Waals surface area contributed by atoms with E-state index in [2.05, 4.69) is 13.8 Å². The molecule has 186 valence electrons. The van der Waals surface area contributed by atoms with E-state index in [1.807, 2.05) is 16.7 Å². The highest BCUT2D eigenvalue weighted by Gasteiger charge is 2.30. The summed E-state index contributed by atoms with van der Waals surface area (Å²) < 4.78 is 29.9. The van der Waals surface area contributed by atoms with Gasteiger partial charge in [-0.25, -0.2) is 13.8 Å². The van der Waals surface area contributed by atoms with Gasteiger partial charge in [-0.15, -0.1) is 0 Å². The van der Waals surface area contributed by atoms with Crippen LogP contribution in [0.25, 0.3) is 5.69 Å². The molecule has 0 saturated carbocycles. The first-order valence-corrected chi connectivity index (χ1v) is 12.8. The lowest BCUT2D eigenvalue weighted by Crippen LogP contribution is -2.23. The summed E-state index contributed by atoms with van der Waals surface area (Å²) in [6.07, 6.45) is 1.86. The molecule has 0 spiro atoms. The molecule has 0 aliphatic heterocycles. The van der Waals surface area contributed by atoms with Crippen molar-refractivity contribution in [1.29, 1.82) is 5.41 Å². The third-order valence-electron chi connectivity index (χ3n) is 5.95. The summed E-state index contributed by atoms with van der Waals surface area (Å²) in [5.41, 5.74) is 8.79. The SMILES string of the molecule is CC(C)(c1ccc(Cl)c(Cl)c1)c1cnc(SCc2ccc(F)c(CC(=N)N)c2)n1-c1ccc(F)cc1. The largest absolute Gasteiger partial charge is 0.387 e. The Balaban J connectivity index is 1.73. The molecule has 3 N–H and O–H groups in total. The maximum atomic E-state index is 14.1. The van der Waals surface area contributed by atoms with E-state index in [4.69, 9.17) is 39.3 Å². The predicted octanol–water partition coefficient (Wildman–Crippen LogP) is 7.55. The van der Waals surface area contributed by atoms with Crippen LogP contribution in [0.1, 0.15) is 36.2 Å². The summed E-state index contributed by atoms with van der Waals surface area (Å²) in [6.45, 7) is 4.12. The molecular weight excluding hydrogens is 521 g/mol. The van der Waals surface area contributed by atoms with Gasteiger partial charge < -0.3 is 5.73 Å². The maximum Gasteiger partial charge on any atom is 0.173 e. The first kappa shape index (κ1) is 26.2. The van der Waals surface area contributed by atoms with E-state index in [0.717, 1.165) is 22.5 Å². The van der Waals surface area contributed by atoms with Gasteiger partial charge in [-0.05, 0) is 59.2 Å². The molecule has 4 nitrogen and oxygen atoms in total. The molecule has 36 heavy (non-hydrogen) atoms. The van der Waals surface area contributed by atoms with Crippen molar-refractivity contribution in [2.75, 3.05) is 0 Å². The average molecular weight is 545 g/mol. The molecule has 0 unspecified atom stereocenters. The Morgan fingerprint density at radius 1 is 1.03 bits per heavy atom. The van der Waals surface area contributed by atoms with Crippen LogP contribution in [-0.4, -0.2) is 15.4 Å². The van der Waals surface area contributed by atoms with Crippen molar-refractivity contribution in [3.8, 4) is 5.69 Å². The van der Waals surface area contributed by atoms with Crippen molar-refractivity contribution in [2.24, 2.45) is 5.73 Å². The molecule has 0 saturated heterocycles. The van der Waals surface area contributed by atoms with Crippen molar-refractivity contribution >= 4 is 40.8 Å². The van der Waals surface area contributed by atoms with Crippen LogP contribution in [-0.2, 0) is 17.6 Å². The average Bonchev–Trinajstić information content (AvgIpc) is 3.26. The van der Waals surface area contributed by atoms with Crippen LogP contribution in [0.3, 0.4) is 0 Å². The second-order valence-corrected chi connectivity index (χ2v) is 10.7. The fourth-order valence-corrected chi connectivity index (χ4v) is 5.19. The molecule has 0 amide bonds. The molecule has 0 aliphatic carbocycles. The summed E-state index contributed by atoms with van der Waals surface area (Å²) in [4.78, 5) is 4.70. The van der Waals surface area contributed by atoms with Gasteiger partial charge in [-0.1, -0.05) is 67.0 Å². The highest BCUT2D eigenvalue weighted by atomic mass is 35.5. The zero-order chi connectivity index (χ0) is 26.0. The highest BCUT2D eigenvalue weighted by molar-refractivity contribution is 7.98. The lowest BCUT2D eigenvalue weighted by Gasteiger charge is -2.28. The number of rotatable bonds is 8. The molecule has 4 aromatic rings. The lowest BCUT2D eigenvalue weighted by atomic mass is 9.81. The summed E-state index contributed by atoms with van der Waals surface area (Å²) in [7, 11) is 0. The Kier molecular flexibility index (Phi) is 7.73. The molecule has 0 aliphatic rings. The second-order valence-electron chi connectivity index (χ2n) is 8.91. The molecule has 1 aromatic heterocycles. The summed E-state index contributed by atoms with van der Waals surface area (Å²) in [5, 5.41) is 9.11. The number of nitrogens with two attached hydrogens (primary N) is 1. The second kappa shape index (κ2) is 10.6. The van der Waals surface area contributed by atoms with Gasteiger partial charge in [0, 0.05) is 23.3 Å². The zero-order valence-corrected chi connectivity index (χ0v) is 22.0. The van der Waals surface area contributed by atoms with Gasteiger partial charge in [0.1, 0.15) is 11.6 Å². The van der Waals surface area contributed by atoms with Crippen LogP contribution < -0.4 is 5.73 Å². The van der Waals surface area contributed by atoms with E-state index in [1.165, 1.54) is 30.0 Å². The van der Waals surface area contributed by atoms with Crippen LogP contribution in [0.15, 0.2) is 72.0 Å². The smallest absolute Gasteiger partial charge is 0.173 e. The third-order valence-corrected chi connectivity index (χ3v) is 7.72. The van der Waals surface area contributed by atoms with Crippen LogP contribution in [0.2, 0.25) is 10.0 Å². The quantitative estimate of drug-likeness (QED) is 0.136. The zero-order valence-electron chi connectivity index (χ0n) is 19.7. The molecule has 0 radical (unpaired) electrons. The van der Waals surface area contributed by atoms with E-state index in [1.54, 1.807) is 36.5 Å². The Hall–Kier alpha value is -2.87. The number of amidine groups is 1. The predicted molar refractivity (Wildman–Crippen MR) is 144 cm³/mol. The first-order chi connectivity index (χ1) is 17.1. The Bertz CT molecular complexity index is 1420. The van der Waals surface area contributed by atoms with Crippen molar-refractivity contribution < 1.29 is 8.78 Å². The minimum atomic E-state index is -0.515. The lowest BCUT2D eigenvalue weighted by molar-refractivity contribution is 0.591. The van der Waals surface area contributed by atoms with Crippen molar-refractivity contribution in [3.63, 3.8) is 0 Å². The number of nitrogens with zero attached hydrogens (tertiary/aromatic N) is 2. The molecule has 3 aromatic carbocycles. The fourth-order valence-electron chi connectivity index (χ4n) is 3.96. The van der Waals surface area contributed by atoms with Gasteiger partial charge in [0.2, 0.25) is 0 Å². The Labute approximate surface area is 223 Å². The van der Waals surface area contributed by atoms with Crippen molar-refractivity contribution in [3.05, 3.63) is 111 Å². The molecule has 9 heteroatoms. The third kappa shape index (κ3) is 5.59. The molecule has 0 atom stereocenters. The first-order valence-electron chi connectivity index (χ1n) is 11.1. The summed E-state index contributed by atoms with van der Waals surface area (Å²) in [6, 6.07) is 16.6. The van der Waals surface area contributed by atoms with E-state index in [0.29, 0.717) is 26.5 Å². The monoisotopic (exact) mass is 544 g/mol. The molecule has 0 fully saturated rings. The topological polar surface area (TPSA) is 67.7 Å². The number of hydrogen-bond donors (Lipinski definition) is 2. The number of halogens is 4. The van der Waals surface area contributed by atoms with Crippen LogP contribution in [0.5, 0.6) is 0 Å². The maximum absolute atomic E-state index is 14.1. The van der Waals surface area contributed by atoms with E-state index in [-0.39, 0.29) is 18.1 Å². The van der Waals surface area contributed by atoms with E-state index >= 15 is 0 Å². The minimum Gasteiger partial charge on any atom is -0.387 e.